The molecular weight excluding hydrogens is 477 g/mol. The van der Waals surface area contributed by atoms with Gasteiger partial charge in [0.1, 0.15) is 17.6 Å². The van der Waals surface area contributed by atoms with Crippen LogP contribution >= 0.6 is 0 Å². The molecule has 1 amide bonds. The predicted molar refractivity (Wildman–Crippen MR) is 122 cm³/mol. The zero-order valence-electron chi connectivity index (χ0n) is 18.8. The van der Waals surface area contributed by atoms with Crippen LogP contribution in [0.25, 0.3) is 0 Å². The Bertz CT molecular complexity index is 1370. The van der Waals surface area contributed by atoms with Crippen molar-refractivity contribution >= 4 is 17.4 Å². The summed E-state index contributed by atoms with van der Waals surface area (Å²) in [5.41, 5.74) is 7.24. The molecule has 0 saturated heterocycles. The molecule has 11 heteroatoms. The minimum atomic E-state index is -4.52. The molecule has 0 aliphatic rings. The number of anilines is 1. The number of ether oxygens (including phenoxy) is 1. The molecule has 0 heterocycles. The number of phenols is 1. The molecule has 0 bridgehead atoms. The lowest BCUT2D eigenvalue weighted by atomic mass is 9.95. The van der Waals surface area contributed by atoms with Gasteiger partial charge in [-0.1, -0.05) is 24.3 Å². The van der Waals surface area contributed by atoms with E-state index >= 15 is 0 Å². The summed E-state index contributed by atoms with van der Waals surface area (Å²) in [5.74, 6) is -1.37. The second kappa shape index (κ2) is 10.7. The van der Waals surface area contributed by atoms with Crippen LogP contribution in [0.3, 0.4) is 0 Å². The van der Waals surface area contributed by atoms with Gasteiger partial charge in [0, 0.05) is 22.9 Å². The Morgan fingerprint density at radius 1 is 1.17 bits per heavy atom. The van der Waals surface area contributed by atoms with Crippen molar-refractivity contribution in [2.75, 3.05) is 12.4 Å². The monoisotopic (exact) mass is 496 g/mol. The number of methoxy groups -OCH3 is 1. The Morgan fingerprint density at radius 3 is 2.56 bits per heavy atom. The number of aromatic hydroxyl groups is 1. The number of carbonyl (C=O) groups excluding carboxylic acids is 2. The first-order valence-corrected chi connectivity index (χ1v) is 10.3. The fraction of sp³-hybridized carbons (Fsp3) is 0.160. The first kappa shape index (κ1) is 25.9. The van der Waals surface area contributed by atoms with Crippen LogP contribution in [-0.2, 0) is 17.4 Å². The largest absolute Gasteiger partial charge is 0.507 e. The van der Waals surface area contributed by atoms with Crippen molar-refractivity contribution in [2.45, 2.75) is 18.6 Å². The maximum Gasteiger partial charge on any atom is 0.416 e. The summed E-state index contributed by atoms with van der Waals surface area (Å²) >= 11 is 0. The van der Waals surface area contributed by atoms with E-state index in [1.807, 2.05) is 0 Å². The lowest BCUT2D eigenvalue weighted by Crippen LogP contribution is -2.16. The van der Waals surface area contributed by atoms with Crippen LogP contribution in [0.5, 0.6) is 11.5 Å². The Balaban J connectivity index is 1.81. The van der Waals surface area contributed by atoms with Gasteiger partial charge in [-0.15, -0.1) is 0 Å². The van der Waals surface area contributed by atoms with Crippen molar-refractivity contribution in [1.29, 1.82) is 10.8 Å². The van der Waals surface area contributed by atoms with Gasteiger partial charge >= 0.3 is 6.18 Å². The number of hydrogen-bond donors (Lipinski definition) is 3. The summed E-state index contributed by atoms with van der Waals surface area (Å²) in [6.07, 6.45) is -4.83. The van der Waals surface area contributed by atoms with Gasteiger partial charge in [-0.2, -0.15) is 23.5 Å². The molecule has 0 aliphatic carbocycles. The molecule has 3 aromatic rings. The van der Waals surface area contributed by atoms with E-state index in [1.54, 1.807) is 6.07 Å². The summed E-state index contributed by atoms with van der Waals surface area (Å²) in [6.45, 7) is 0. The molecule has 0 spiro atoms. The summed E-state index contributed by atoms with van der Waals surface area (Å²) in [4.78, 5) is 25.4. The molecule has 0 aromatic heterocycles. The molecule has 36 heavy (non-hydrogen) atoms. The molecule has 8 nitrogen and oxygen atoms in total. The van der Waals surface area contributed by atoms with Crippen LogP contribution in [0, 0.1) is 16.9 Å². The van der Waals surface area contributed by atoms with Gasteiger partial charge in [0.05, 0.1) is 24.7 Å². The fourth-order valence-corrected chi connectivity index (χ4v) is 3.47. The SMILES string of the molecule is COc1cc(NC(=O)Cc2cccc(C(F)(F)F)c2)ccc1C(N=N)C(=O)c1ccc(O)c(C#N)c1. The zero-order valence-corrected chi connectivity index (χ0v) is 18.8. The van der Waals surface area contributed by atoms with Crippen molar-refractivity contribution in [3.63, 3.8) is 0 Å². The normalized spacial score (nSPS) is 11.8. The van der Waals surface area contributed by atoms with E-state index in [2.05, 4.69) is 10.4 Å². The first-order chi connectivity index (χ1) is 17.1. The lowest BCUT2D eigenvalue weighted by Gasteiger charge is -2.16. The summed E-state index contributed by atoms with van der Waals surface area (Å²) < 4.78 is 44.0. The van der Waals surface area contributed by atoms with Gasteiger partial charge in [-0.05, 0) is 35.9 Å². The zero-order chi connectivity index (χ0) is 26.5. The average molecular weight is 496 g/mol. The van der Waals surface area contributed by atoms with E-state index in [1.165, 1.54) is 55.6 Å². The fourth-order valence-electron chi connectivity index (χ4n) is 3.47. The second-order valence-corrected chi connectivity index (χ2v) is 7.62. The highest BCUT2D eigenvalue weighted by molar-refractivity contribution is 6.01. The number of nitriles is 1. The Hall–Kier alpha value is -4.72. The van der Waals surface area contributed by atoms with E-state index < -0.39 is 29.5 Å². The number of hydrogen-bond acceptors (Lipinski definition) is 7. The van der Waals surface area contributed by atoms with Gasteiger partial charge in [-0.3, -0.25) is 9.59 Å². The molecule has 1 unspecified atom stereocenters. The maximum atomic E-state index is 13.0. The highest BCUT2D eigenvalue weighted by Gasteiger charge is 2.30. The predicted octanol–water partition coefficient (Wildman–Crippen LogP) is 5.43. The second-order valence-electron chi connectivity index (χ2n) is 7.62. The number of ketones is 1. The van der Waals surface area contributed by atoms with Crippen LogP contribution < -0.4 is 10.1 Å². The van der Waals surface area contributed by atoms with Gasteiger partial charge in [0.25, 0.3) is 0 Å². The molecule has 0 fully saturated rings. The smallest absolute Gasteiger partial charge is 0.416 e. The molecular formula is C25H19F3N4O4. The number of halogens is 3. The molecule has 1 atom stereocenters. The van der Waals surface area contributed by atoms with Crippen molar-refractivity contribution in [2.24, 2.45) is 5.11 Å². The molecule has 0 radical (unpaired) electrons. The van der Waals surface area contributed by atoms with Crippen molar-refractivity contribution in [3.05, 3.63) is 88.5 Å². The van der Waals surface area contributed by atoms with Crippen LogP contribution in [0.1, 0.15) is 38.7 Å². The van der Waals surface area contributed by atoms with Crippen LogP contribution in [-0.4, -0.2) is 23.9 Å². The van der Waals surface area contributed by atoms with Gasteiger partial charge in [-0.25, -0.2) is 5.53 Å². The topological polar surface area (TPSA) is 136 Å². The third-order valence-corrected chi connectivity index (χ3v) is 5.21. The van der Waals surface area contributed by atoms with E-state index in [4.69, 9.17) is 15.5 Å². The van der Waals surface area contributed by atoms with E-state index in [-0.39, 0.29) is 45.9 Å². The molecule has 184 valence electrons. The molecule has 0 aliphatic heterocycles. The van der Waals surface area contributed by atoms with Gasteiger partial charge in [0.2, 0.25) is 5.91 Å². The minimum Gasteiger partial charge on any atom is -0.507 e. The summed E-state index contributed by atoms with van der Waals surface area (Å²) in [7, 11) is 1.31. The third kappa shape index (κ3) is 5.85. The average Bonchev–Trinajstić information content (AvgIpc) is 2.84. The van der Waals surface area contributed by atoms with Crippen LogP contribution in [0.2, 0.25) is 0 Å². The first-order valence-electron chi connectivity index (χ1n) is 10.3. The number of rotatable bonds is 8. The number of Topliss-reactive ketones (excluding diaryl/α,β-unsaturated/α-hetero) is 1. The Labute approximate surface area is 203 Å². The van der Waals surface area contributed by atoms with Crippen molar-refractivity contribution in [1.82, 2.24) is 0 Å². The van der Waals surface area contributed by atoms with Crippen molar-refractivity contribution < 1.29 is 32.6 Å². The van der Waals surface area contributed by atoms with E-state index in [0.717, 1.165) is 12.1 Å². The van der Waals surface area contributed by atoms with Crippen molar-refractivity contribution in [3.8, 4) is 17.6 Å². The molecule has 3 N–H and O–H groups in total. The highest BCUT2D eigenvalue weighted by Crippen LogP contribution is 2.34. The number of nitrogens with zero attached hydrogens (tertiary/aromatic N) is 2. The maximum absolute atomic E-state index is 13.0. The standard InChI is InChI=1S/C25H19F3N4O4/c1-36-21-12-18(31-22(34)10-14-3-2-4-17(9-14)25(26,27)28)6-7-19(21)23(32-30)24(35)15-5-8-20(33)16(11-15)13-29/h2-9,11-12,23,30,33H,10H2,1H3,(H,31,34). The Kier molecular flexibility index (Phi) is 7.69. The Morgan fingerprint density at radius 2 is 1.92 bits per heavy atom. The number of alkyl halides is 3. The number of amides is 1. The van der Waals surface area contributed by atoms with Crippen LogP contribution in [0.4, 0.5) is 18.9 Å². The van der Waals surface area contributed by atoms with Gasteiger partial charge in [0.15, 0.2) is 11.8 Å². The number of phenolic OH excluding ortho intramolecular Hbond substituents is 1. The van der Waals surface area contributed by atoms with E-state index in [0.29, 0.717) is 0 Å². The quantitative estimate of drug-likeness (QED) is 0.282. The number of carbonyl (C=O) groups is 2. The van der Waals surface area contributed by atoms with E-state index in [9.17, 15) is 27.9 Å². The summed E-state index contributed by atoms with van der Waals surface area (Å²) in [6, 6.07) is 12.8. The summed E-state index contributed by atoms with van der Waals surface area (Å²) in [5, 5.41) is 24.7. The number of nitrogens with one attached hydrogen (secondary N) is 2. The minimum absolute atomic E-state index is 0.0471. The molecule has 3 aromatic carbocycles. The highest BCUT2D eigenvalue weighted by atomic mass is 19.4. The third-order valence-electron chi connectivity index (χ3n) is 5.21. The van der Waals surface area contributed by atoms with Gasteiger partial charge < -0.3 is 15.2 Å². The lowest BCUT2D eigenvalue weighted by molar-refractivity contribution is -0.137. The molecule has 0 saturated carbocycles. The molecule has 3 rings (SSSR count). The number of benzene rings is 3. The van der Waals surface area contributed by atoms with Crippen LogP contribution in [0.15, 0.2) is 65.8 Å².